The average Bonchev–Trinajstić information content (AvgIpc) is 3.36. The van der Waals surface area contributed by atoms with Gasteiger partial charge in [0.25, 0.3) is 0 Å². The van der Waals surface area contributed by atoms with Crippen molar-refractivity contribution in [2.75, 3.05) is 25.0 Å². The van der Waals surface area contributed by atoms with Crippen LogP contribution >= 0.6 is 11.6 Å². The number of aliphatic carboxylic acids is 1. The lowest BCUT2D eigenvalue weighted by Crippen LogP contribution is -2.53. The molecule has 2 fully saturated rings. The number of hydrogen-bond donors (Lipinski definition) is 3. The number of nitrogens with zero attached hydrogens (tertiary/aromatic N) is 1. The number of aryl methyl sites for hydroxylation is 1. The van der Waals surface area contributed by atoms with Crippen molar-refractivity contribution < 1.29 is 19.4 Å². The van der Waals surface area contributed by atoms with Gasteiger partial charge >= 0.3 is 5.97 Å². The number of pyridine rings is 1. The van der Waals surface area contributed by atoms with Crippen LogP contribution in [0.2, 0.25) is 5.02 Å². The number of anilines is 1. The van der Waals surface area contributed by atoms with Crippen molar-refractivity contribution in [3.8, 4) is 11.5 Å². The molecule has 0 bridgehead atoms. The van der Waals surface area contributed by atoms with Crippen LogP contribution < -0.4 is 20.1 Å². The number of fused-ring (bicyclic) bond motifs is 3. The molecule has 4 atom stereocenters. The summed E-state index contributed by atoms with van der Waals surface area (Å²) in [6.07, 6.45) is 12.3. The van der Waals surface area contributed by atoms with Gasteiger partial charge < -0.3 is 25.2 Å². The first kappa shape index (κ1) is 33.2. The van der Waals surface area contributed by atoms with Gasteiger partial charge in [0, 0.05) is 34.7 Å². The van der Waals surface area contributed by atoms with Gasteiger partial charge in [-0.3, -0.25) is 4.98 Å². The van der Waals surface area contributed by atoms with Crippen molar-refractivity contribution in [2.24, 2.45) is 11.8 Å². The molecule has 0 amide bonds. The van der Waals surface area contributed by atoms with E-state index >= 15 is 0 Å². The molecule has 3 aliphatic carbocycles. The van der Waals surface area contributed by atoms with Gasteiger partial charge in [-0.25, -0.2) is 4.79 Å². The second-order valence-electron chi connectivity index (χ2n) is 15.1. The van der Waals surface area contributed by atoms with E-state index < -0.39 is 11.5 Å². The first-order valence-electron chi connectivity index (χ1n) is 18.1. The lowest BCUT2D eigenvalue weighted by molar-refractivity contribution is -0.144. The van der Waals surface area contributed by atoms with E-state index in [-0.39, 0.29) is 11.5 Å². The SMILES string of the molecule is C[C@@H](COc1ccnc2c1[C@H](C)CCC2)C[C@H]1Cc2ccc(O[C@H]3CCCNC3)cc2C12CCC(Nc1cccc(Cl)c1)(C(=O)O)CC2. The van der Waals surface area contributed by atoms with Gasteiger partial charge in [0.2, 0.25) is 0 Å². The van der Waals surface area contributed by atoms with Gasteiger partial charge in [-0.2, -0.15) is 0 Å². The summed E-state index contributed by atoms with van der Waals surface area (Å²) in [4.78, 5) is 17.6. The Morgan fingerprint density at radius 3 is 2.75 bits per heavy atom. The first-order chi connectivity index (χ1) is 23.2. The van der Waals surface area contributed by atoms with Crippen molar-refractivity contribution in [3.05, 3.63) is 82.1 Å². The zero-order chi connectivity index (χ0) is 33.3. The Labute approximate surface area is 290 Å². The molecular weight excluding hydrogens is 622 g/mol. The van der Waals surface area contributed by atoms with Gasteiger partial charge in [-0.05, 0) is 148 Å². The lowest BCUT2D eigenvalue weighted by atomic mass is 9.59. The van der Waals surface area contributed by atoms with E-state index in [1.807, 2.05) is 36.5 Å². The van der Waals surface area contributed by atoms with Gasteiger partial charge in [-0.1, -0.05) is 37.6 Å². The minimum absolute atomic E-state index is 0.118. The molecule has 48 heavy (non-hydrogen) atoms. The van der Waals surface area contributed by atoms with E-state index in [2.05, 4.69) is 47.7 Å². The lowest BCUT2D eigenvalue weighted by Gasteiger charge is -2.47. The number of ether oxygens (including phenoxy) is 2. The number of hydrogen-bond acceptors (Lipinski definition) is 6. The molecule has 1 spiro atoms. The number of carboxylic acids is 1. The Kier molecular flexibility index (Phi) is 9.63. The van der Waals surface area contributed by atoms with Crippen LogP contribution in [0, 0.1) is 11.8 Å². The summed E-state index contributed by atoms with van der Waals surface area (Å²) >= 11 is 6.28. The van der Waals surface area contributed by atoms with Crippen LogP contribution in [-0.4, -0.2) is 47.4 Å². The smallest absolute Gasteiger partial charge is 0.329 e. The molecule has 0 unspecified atom stereocenters. The van der Waals surface area contributed by atoms with Crippen molar-refractivity contribution in [2.45, 2.75) is 107 Å². The number of nitrogens with one attached hydrogen (secondary N) is 2. The molecule has 3 N–H and O–H groups in total. The maximum atomic E-state index is 13.0. The summed E-state index contributed by atoms with van der Waals surface area (Å²) in [5.74, 6) is 2.33. The summed E-state index contributed by atoms with van der Waals surface area (Å²) < 4.78 is 13.1. The second kappa shape index (κ2) is 13.9. The minimum Gasteiger partial charge on any atom is -0.493 e. The standard InChI is InChI=1S/C40H50ClN3O4/c1-26(25-47-36-13-19-43-35-10-3-6-27(2)37(35)36)20-29-21-28-11-12-32(48-33-9-5-18-42-24-33)23-34(28)39(29)14-16-40(17-15-39,38(45)46)44-31-8-4-7-30(41)22-31/h4,7-8,11-13,19,22-23,26-27,29,33,42,44H,3,5-6,9-10,14-18,20-21,24-25H2,1-2H3,(H,45,46)/t26-,27-,29+,33+,39?,40?/m1/s1. The van der Waals surface area contributed by atoms with Crippen molar-refractivity contribution in [1.29, 1.82) is 0 Å². The van der Waals surface area contributed by atoms with Crippen molar-refractivity contribution in [1.82, 2.24) is 10.3 Å². The molecule has 1 saturated heterocycles. The van der Waals surface area contributed by atoms with E-state index in [9.17, 15) is 9.90 Å². The number of piperidine rings is 1. The minimum atomic E-state index is -1.04. The number of benzene rings is 2. The molecule has 3 aromatic rings. The first-order valence-corrected chi connectivity index (χ1v) is 18.5. The third kappa shape index (κ3) is 6.65. The van der Waals surface area contributed by atoms with E-state index in [4.69, 9.17) is 21.1 Å². The summed E-state index contributed by atoms with van der Waals surface area (Å²) in [6, 6.07) is 16.2. The fraction of sp³-hybridized carbons (Fsp3) is 0.550. The maximum Gasteiger partial charge on any atom is 0.329 e. The molecule has 1 aromatic heterocycles. The van der Waals surface area contributed by atoms with E-state index in [0.29, 0.717) is 42.2 Å². The molecule has 0 radical (unpaired) electrons. The fourth-order valence-electron chi connectivity index (χ4n) is 9.26. The Hall–Kier alpha value is -3.29. The molecule has 1 saturated carbocycles. The highest BCUT2D eigenvalue weighted by Crippen LogP contribution is 2.57. The van der Waals surface area contributed by atoms with Crippen molar-refractivity contribution >= 4 is 23.3 Å². The monoisotopic (exact) mass is 671 g/mol. The molecule has 1 aliphatic heterocycles. The summed E-state index contributed by atoms with van der Waals surface area (Å²) in [5, 5.41) is 18.1. The Bertz CT molecular complexity index is 1610. The summed E-state index contributed by atoms with van der Waals surface area (Å²) in [6.45, 7) is 7.18. The number of carboxylic acid groups (broad SMARTS) is 1. The molecule has 2 heterocycles. The van der Waals surface area contributed by atoms with Crippen LogP contribution in [0.1, 0.15) is 99.9 Å². The van der Waals surface area contributed by atoms with Crippen molar-refractivity contribution in [3.63, 3.8) is 0 Å². The van der Waals surface area contributed by atoms with Crippen LogP contribution in [0.4, 0.5) is 5.69 Å². The third-order valence-corrected chi connectivity index (χ3v) is 12.1. The van der Waals surface area contributed by atoms with Crippen LogP contribution in [-0.2, 0) is 23.1 Å². The zero-order valence-corrected chi connectivity index (χ0v) is 29.2. The highest BCUT2D eigenvalue weighted by molar-refractivity contribution is 6.30. The summed E-state index contributed by atoms with van der Waals surface area (Å²) in [5.41, 5.74) is 4.82. The fourth-order valence-corrected chi connectivity index (χ4v) is 9.45. The van der Waals surface area contributed by atoms with E-state index in [1.54, 1.807) is 0 Å². The highest BCUT2D eigenvalue weighted by atomic mass is 35.5. The Morgan fingerprint density at radius 1 is 1.12 bits per heavy atom. The summed E-state index contributed by atoms with van der Waals surface area (Å²) in [7, 11) is 0. The van der Waals surface area contributed by atoms with Gasteiger partial charge in [0.15, 0.2) is 0 Å². The van der Waals surface area contributed by atoms with Crippen LogP contribution in [0.15, 0.2) is 54.7 Å². The van der Waals surface area contributed by atoms with Gasteiger partial charge in [0.1, 0.15) is 23.1 Å². The molecule has 256 valence electrons. The number of rotatable bonds is 10. The number of aromatic nitrogens is 1. The molecule has 7 rings (SSSR count). The quantitative estimate of drug-likeness (QED) is 0.200. The Balaban J connectivity index is 1.13. The normalized spacial score (nSPS) is 28.7. The van der Waals surface area contributed by atoms with Gasteiger partial charge in [-0.15, -0.1) is 0 Å². The second-order valence-corrected chi connectivity index (χ2v) is 15.5. The van der Waals surface area contributed by atoms with Crippen LogP contribution in [0.3, 0.4) is 0 Å². The van der Waals surface area contributed by atoms with Crippen LogP contribution in [0.5, 0.6) is 11.5 Å². The van der Waals surface area contributed by atoms with E-state index in [0.717, 1.165) is 75.2 Å². The molecule has 8 heteroatoms. The highest BCUT2D eigenvalue weighted by Gasteiger charge is 2.54. The number of carbonyl (C=O) groups is 1. The van der Waals surface area contributed by atoms with E-state index in [1.165, 1.54) is 35.2 Å². The van der Waals surface area contributed by atoms with Crippen LogP contribution in [0.25, 0.3) is 0 Å². The molecular formula is C40H50ClN3O4. The predicted molar refractivity (Wildman–Crippen MR) is 191 cm³/mol. The zero-order valence-electron chi connectivity index (χ0n) is 28.4. The topological polar surface area (TPSA) is 92.7 Å². The maximum absolute atomic E-state index is 13.0. The Morgan fingerprint density at radius 2 is 1.98 bits per heavy atom. The van der Waals surface area contributed by atoms with Gasteiger partial charge in [0.05, 0.1) is 6.61 Å². The predicted octanol–water partition coefficient (Wildman–Crippen LogP) is 8.33. The average molecular weight is 672 g/mol. The third-order valence-electron chi connectivity index (χ3n) is 11.8. The molecule has 2 aromatic carbocycles. The molecule has 4 aliphatic rings. The molecule has 7 nitrogen and oxygen atoms in total. The largest absolute Gasteiger partial charge is 0.493 e. The number of halogens is 1.